The number of carbonyl (C=O) groups excluding carboxylic acids is 1. The number of hydrogen-bond donors (Lipinski definition) is 0. The topological polar surface area (TPSA) is 44.1 Å². The molecule has 0 spiro atoms. The van der Waals surface area contributed by atoms with Gasteiger partial charge in [0.15, 0.2) is 0 Å². The van der Waals surface area contributed by atoms with Gasteiger partial charge < -0.3 is 4.90 Å². The van der Waals surface area contributed by atoms with Gasteiger partial charge in [-0.2, -0.15) is 0 Å². The van der Waals surface area contributed by atoms with Gasteiger partial charge in [-0.3, -0.25) is 10.5 Å². The first kappa shape index (κ1) is 12.5. The maximum Gasteiger partial charge on any atom is 0.224 e. The molecule has 0 unspecified atom stereocenters. The Balaban J connectivity index is 1.70. The fraction of sp³-hybridized carbons (Fsp3) is 0.462. The summed E-state index contributed by atoms with van der Waals surface area (Å²) >= 11 is 1.65. The molecule has 1 fully saturated rings. The highest BCUT2D eigenvalue weighted by Gasteiger charge is 2.22. The number of carbonyl (C=O) groups is 1. The van der Waals surface area contributed by atoms with Crippen LogP contribution in [0.5, 0.6) is 0 Å². The number of amides is 1. The van der Waals surface area contributed by atoms with Crippen molar-refractivity contribution in [3.05, 3.63) is 30.3 Å². The molecule has 1 aromatic rings. The van der Waals surface area contributed by atoms with Crippen molar-refractivity contribution in [2.24, 2.45) is 0 Å². The molecular formula is C13H17N2OS. The second kappa shape index (κ2) is 6.07. The molecule has 1 aliphatic rings. The van der Waals surface area contributed by atoms with E-state index in [4.69, 9.17) is 5.73 Å². The number of rotatable bonds is 5. The first-order valence-electron chi connectivity index (χ1n) is 5.92. The van der Waals surface area contributed by atoms with Crippen LogP contribution >= 0.6 is 11.8 Å². The average molecular weight is 249 g/mol. The van der Waals surface area contributed by atoms with E-state index < -0.39 is 0 Å². The summed E-state index contributed by atoms with van der Waals surface area (Å²) in [7, 11) is 0. The number of likely N-dealkylation sites (tertiary alicyclic amines) is 1. The van der Waals surface area contributed by atoms with Crippen molar-refractivity contribution in [2.45, 2.75) is 23.8 Å². The largest absolute Gasteiger partial charge is 0.343 e. The smallest absolute Gasteiger partial charge is 0.224 e. The van der Waals surface area contributed by atoms with Gasteiger partial charge in [-0.1, -0.05) is 18.2 Å². The molecule has 1 amide bonds. The Labute approximate surface area is 106 Å². The van der Waals surface area contributed by atoms with Gasteiger partial charge >= 0.3 is 0 Å². The van der Waals surface area contributed by atoms with Gasteiger partial charge in [0.1, 0.15) is 0 Å². The van der Waals surface area contributed by atoms with Gasteiger partial charge in [0.05, 0.1) is 0 Å². The maximum absolute atomic E-state index is 11.6. The maximum atomic E-state index is 11.6. The zero-order chi connectivity index (χ0) is 12.1. The fourth-order valence-electron chi connectivity index (χ4n) is 1.68. The first-order valence-corrected chi connectivity index (χ1v) is 6.91. The summed E-state index contributed by atoms with van der Waals surface area (Å²) in [4.78, 5) is 14.7. The van der Waals surface area contributed by atoms with E-state index >= 15 is 0 Å². The third kappa shape index (κ3) is 3.75. The van der Waals surface area contributed by atoms with E-state index in [1.165, 1.54) is 4.90 Å². The monoisotopic (exact) mass is 249 g/mol. The van der Waals surface area contributed by atoms with Crippen molar-refractivity contribution < 1.29 is 4.79 Å². The van der Waals surface area contributed by atoms with Gasteiger partial charge in [0.25, 0.3) is 0 Å². The SMILES string of the molecule is [NH][C@@H](CSc1ccccc1)CC(=O)N1CCC1. The summed E-state index contributed by atoms with van der Waals surface area (Å²) in [5.74, 6) is 0.828. The van der Waals surface area contributed by atoms with Gasteiger partial charge in [0.2, 0.25) is 5.91 Å². The van der Waals surface area contributed by atoms with E-state index in [0.29, 0.717) is 12.2 Å². The highest BCUT2D eigenvalue weighted by Crippen LogP contribution is 2.19. The number of nitrogens with one attached hydrogen (secondary N) is 1. The lowest BCUT2D eigenvalue weighted by Crippen LogP contribution is -2.43. The standard InChI is InChI=1S/C13H17N2OS/c14-11(9-13(16)15-7-4-8-15)10-17-12-5-2-1-3-6-12/h1-3,5-6,11,14H,4,7-10H2/t11-/m1/s1. The second-order valence-electron chi connectivity index (χ2n) is 4.26. The van der Waals surface area contributed by atoms with Crippen LogP contribution in [-0.4, -0.2) is 35.7 Å². The Morgan fingerprint density at radius 1 is 1.35 bits per heavy atom. The molecule has 91 valence electrons. The predicted molar refractivity (Wildman–Crippen MR) is 69.9 cm³/mol. The fourth-order valence-corrected chi connectivity index (χ4v) is 2.54. The van der Waals surface area contributed by atoms with E-state index in [1.807, 2.05) is 35.2 Å². The molecule has 3 nitrogen and oxygen atoms in total. The molecule has 4 heteroatoms. The van der Waals surface area contributed by atoms with Crippen molar-refractivity contribution in [2.75, 3.05) is 18.8 Å². The predicted octanol–water partition coefficient (Wildman–Crippen LogP) is 2.05. The van der Waals surface area contributed by atoms with Crippen molar-refractivity contribution in [1.82, 2.24) is 10.6 Å². The summed E-state index contributed by atoms with van der Waals surface area (Å²) in [6, 6.07) is 9.74. The number of thioether (sulfide) groups is 1. The Morgan fingerprint density at radius 3 is 2.65 bits per heavy atom. The van der Waals surface area contributed by atoms with Crippen molar-refractivity contribution in [1.29, 1.82) is 0 Å². The van der Waals surface area contributed by atoms with Crippen LogP contribution in [0.15, 0.2) is 35.2 Å². The molecule has 1 saturated heterocycles. The molecule has 0 aliphatic carbocycles. The lowest BCUT2D eigenvalue weighted by atomic mass is 10.1. The molecule has 1 aliphatic heterocycles. The Hall–Kier alpha value is -1.00. The first-order chi connectivity index (χ1) is 8.25. The molecule has 2 rings (SSSR count). The average Bonchev–Trinajstić information content (AvgIpc) is 2.25. The lowest BCUT2D eigenvalue weighted by molar-refractivity contribution is -0.134. The Bertz CT molecular complexity index is 365. The van der Waals surface area contributed by atoms with Crippen molar-refractivity contribution in [3.63, 3.8) is 0 Å². The Morgan fingerprint density at radius 2 is 2.06 bits per heavy atom. The van der Waals surface area contributed by atoms with Crippen LogP contribution in [0.3, 0.4) is 0 Å². The molecule has 0 saturated carbocycles. The van der Waals surface area contributed by atoms with Crippen molar-refractivity contribution in [3.8, 4) is 0 Å². The van der Waals surface area contributed by atoms with E-state index in [2.05, 4.69) is 0 Å². The molecule has 1 heterocycles. The summed E-state index contributed by atoms with van der Waals surface area (Å²) in [6.45, 7) is 1.77. The highest BCUT2D eigenvalue weighted by atomic mass is 32.2. The minimum atomic E-state index is -0.298. The third-order valence-electron chi connectivity index (χ3n) is 2.82. The van der Waals surface area contributed by atoms with Crippen LogP contribution in [0.2, 0.25) is 0 Å². The summed E-state index contributed by atoms with van der Waals surface area (Å²) < 4.78 is 0. The minimum absolute atomic E-state index is 0.143. The van der Waals surface area contributed by atoms with Gasteiger partial charge in [-0.25, -0.2) is 0 Å². The van der Waals surface area contributed by atoms with Gasteiger partial charge in [-0.05, 0) is 18.6 Å². The normalized spacial score (nSPS) is 16.4. The molecule has 0 bridgehead atoms. The molecule has 0 aromatic heterocycles. The van der Waals surface area contributed by atoms with Gasteiger partial charge in [0, 0.05) is 36.2 Å². The van der Waals surface area contributed by atoms with Crippen molar-refractivity contribution >= 4 is 17.7 Å². The summed E-state index contributed by atoms with van der Waals surface area (Å²) in [5, 5.41) is 0. The van der Waals surface area contributed by atoms with E-state index in [1.54, 1.807) is 11.8 Å². The number of benzene rings is 1. The van der Waals surface area contributed by atoms with E-state index in [0.717, 1.165) is 19.5 Å². The molecular weight excluding hydrogens is 232 g/mol. The summed E-state index contributed by atoms with van der Waals surface area (Å²) in [6.07, 6.45) is 1.48. The van der Waals surface area contributed by atoms with Crippen LogP contribution in [0.4, 0.5) is 0 Å². The summed E-state index contributed by atoms with van der Waals surface area (Å²) in [5.41, 5.74) is 7.88. The third-order valence-corrected chi connectivity index (χ3v) is 4.00. The Kier molecular flexibility index (Phi) is 4.45. The lowest BCUT2D eigenvalue weighted by Gasteiger charge is -2.31. The number of nitrogens with zero attached hydrogens (tertiary/aromatic N) is 1. The molecule has 1 radical (unpaired) electrons. The number of hydrogen-bond acceptors (Lipinski definition) is 2. The zero-order valence-corrected chi connectivity index (χ0v) is 10.6. The van der Waals surface area contributed by atoms with Crippen LogP contribution in [-0.2, 0) is 4.79 Å². The quantitative estimate of drug-likeness (QED) is 0.750. The van der Waals surface area contributed by atoms with Crippen LogP contribution < -0.4 is 5.73 Å². The zero-order valence-electron chi connectivity index (χ0n) is 9.76. The van der Waals surface area contributed by atoms with Crippen LogP contribution in [0, 0.1) is 0 Å². The van der Waals surface area contributed by atoms with Crippen LogP contribution in [0.25, 0.3) is 0 Å². The highest BCUT2D eigenvalue weighted by molar-refractivity contribution is 7.99. The van der Waals surface area contributed by atoms with Gasteiger partial charge in [-0.15, -0.1) is 11.8 Å². The molecule has 17 heavy (non-hydrogen) atoms. The van der Waals surface area contributed by atoms with Crippen LogP contribution in [0.1, 0.15) is 12.8 Å². The second-order valence-corrected chi connectivity index (χ2v) is 5.35. The molecule has 1 atom stereocenters. The molecule has 1 aromatic carbocycles. The van der Waals surface area contributed by atoms with E-state index in [9.17, 15) is 4.79 Å². The minimum Gasteiger partial charge on any atom is -0.343 e. The van der Waals surface area contributed by atoms with E-state index in [-0.39, 0.29) is 11.9 Å². The molecule has 1 N–H and O–H groups in total.